The van der Waals surface area contributed by atoms with E-state index in [1.54, 1.807) is 0 Å². The lowest BCUT2D eigenvalue weighted by atomic mass is 10.5. The number of fused-ring (bicyclic) bond motifs is 1. The lowest BCUT2D eigenvalue weighted by Crippen LogP contribution is -2.41. The number of hydrogen-bond donors (Lipinski definition) is 2. The van der Waals surface area contributed by atoms with Gasteiger partial charge in [0, 0.05) is 4.73 Å². The highest BCUT2D eigenvalue weighted by molar-refractivity contribution is 5.67. The van der Waals surface area contributed by atoms with E-state index in [1.165, 1.54) is 6.33 Å². The van der Waals surface area contributed by atoms with Crippen molar-refractivity contribution in [2.75, 3.05) is 0 Å². The monoisotopic (exact) mass is 213 g/mol. The van der Waals surface area contributed by atoms with E-state index in [1.807, 2.05) is 0 Å². The first kappa shape index (κ1) is 8.93. The van der Waals surface area contributed by atoms with Crippen molar-refractivity contribution in [1.29, 1.82) is 0 Å². The molecule has 0 fully saturated rings. The molecule has 2 heterocycles. The van der Waals surface area contributed by atoms with Crippen LogP contribution in [0, 0.1) is 10.1 Å². The van der Waals surface area contributed by atoms with Crippen molar-refractivity contribution in [2.24, 2.45) is 0 Å². The molecule has 0 spiro atoms. The summed E-state index contributed by atoms with van der Waals surface area (Å²) in [7, 11) is 0. The molecule has 0 aromatic carbocycles. The third-order valence-electron chi connectivity index (χ3n) is 1.60. The molecule has 0 amide bonds. The van der Waals surface area contributed by atoms with E-state index in [9.17, 15) is 19.7 Å². The minimum absolute atomic E-state index is 0.00759. The van der Waals surface area contributed by atoms with Gasteiger partial charge < -0.3 is 4.98 Å². The molecule has 15 heavy (non-hydrogen) atoms. The largest absolute Gasteiger partial charge is 0.445 e. The standard InChI is InChI=1S/C5H3N5O5/c11-4-2-3(7-1-6-2)8-5(12)9(4)15-10(13)14/h1H,(H,6,7)(H,8,12). The maximum absolute atomic E-state index is 11.4. The normalized spacial score (nSPS) is 10.4. The molecule has 0 radical (unpaired) electrons. The van der Waals surface area contributed by atoms with Crippen LogP contribution < -0.4 is 16.2 Å². The van der Waals surface area contributed by atoms with Crippen LogP contribution in [0.4, 0.5) is 0 Å². The quantitative estimate of drug-likeness (QED) is 0.438. The smallest absolute Gasteiger partial charge is 0.337 e. The van der Waals surface area contributed by atoms with Crippen LogP contribution in [0.15, 0.2) is 15.9 Å². The number of nitrogens with one attached hydrogen (secondary N) is 2. The van der Waals surface area contributed by atoms with Gasteiger partial charge in [0.1, 0.15) is 0 Å². The molecule has 78 valence electrons. The molecule has 0 bridgehead atoms. The van der Waals surface area contributed by atoms with Gasteiger partial charge in [-0.2, -0.15) is 4.94 Å². The van der Waals surface area contributed by atoms with Crippen LogP contribution in [-0.2, 0) is 0 Å². The van der Waals surface area contributed by atoms with Crippen LogP contribution in [0.1, 0.15) is 0 Å². The van der Waals surface area contributed by atoms with Crippen molar-refractivity contribution in [2.45, 2.75) is 0 Å². The van der Waals surface area contributed by atoms with E-state index in [2.05, 4.69) is 19.9 Å². The Morgan fingerprint density at radius 1 is 1.53 bits per heavy atom. The maximum Gasteiger partial charge on any atom is 0.445 e. The summed E-state index contributed by atoms with van der Waals surface area (Å²) in [5.74, 6) is 0. The molecule has 0 unspecified atom stereocenters. The van der Waals surface area contributed by atoms with Crippen LogP contribution >= 0.6 is 0 Å². The lowest BCUT2D eigenvalue weighted by molar-refractivity contribution is -0.750. The Hall–Kier alpha value is -2.65. The zero-order chi connectivity index (χ0) is 11.0. The summed E-state index contributed by atoms with van der Waals surface area (Å²) in [5, 5.41) is 8.73. The number of nitrogens with zero attached hydrogens (tertiary/aromatic N) is 3. The summed E-state index contributed by atoms with van der Waals surface area (Å²) in [6.07, 6.45) is 1.17. The van der Waals surface area contributed by atoms with Crippen molar-refractivity contribution in [3.63, 3.8) is 0 Å². The highest BCUT2D eigenvalue weighted by Crippen LogP contribution is 1.93. The highest BCUT2D eigenvalue weighted by atomic mass is 17.0. The van der Waals surface area contributed by atoms with Crippen molar-refractivity contribution in [1.82, 2.24) is 19.7 Å². The second kappa shape index (κ2) is 2.94. The van der Waals surface area contributed by atoms with E-state index in [0.717, 1.165) is 0 Å². The van der Waals surface area contributed by atoms with Gasteiger partial charge in [-0.25, -0.2) is 24.7 Å². The fourth-order valence-corrected chi connectivity index (χ4v) is 1.04. The first-order valence-electron chi connectivity index (χ1n) is 3.61. The van der Waals surface area contributed by atoms with Crippen LogP contribution in [0.25, 0.3) is 11.2 Å². The molecular weight excluding hydrogens is 210 g/mol. The topological polar surface area (TPSA) is 136 Å². The van der Waals surface area contributed by atoms with E-state index >= 15 is 0 Å². The first-order valence-corrected chi connectivity index (χ1v) is 3.61. The third kappa shape index (κ3) is 1.33. The van der Waals surface area contributed by atoms with Gasteiger partial charge in [-0.15, -0.1) is 0 Å². The molecule has 0 atom stereocenters. The van der Waals surface area contributed by atoms with Gasteiger partial charge in [0.2, 0.25) is 0 Å². The molecule has 2 rings (SSSR count). The predicted molar refractivity (Wildman–Crippen MR) is 44.5 cm³/mol. The number of aromatic nitrogens is 4. The third-order valence-corrected chi connectivity index (χ3v) is 1.60. The van der Waals surface area contributed by atoms with Gasteiger partial charge in [0.05, 0.1) is 6.33 Å². The molecule has 0 aliphatic rings. The van der Waals surface area contributed by atoms with Gasteiger partial charge in [0.15, 0.2) is 16.3 Å². The number of rotatable bonds is 2. The zero-order valence-corrected chi connectivity index (χ0v) is 6.96. The van der Waals surface area contributed by atoms with Crippen LogP contribution in [0.2, 0.25) is 0 Å². The van der Waals surface area contributed by atoms with Crippen molar-refractivity contribution < 1.29 is 10.0 Å². The summed E-state index contributed by atoms with van der Waals surface area (Å²) >= 11 is 0. The number of hydrogen-bond acceptors (Lipinski definition) is 6. The lowest BCUT2D eigenvalue weighted by Gasteiger charge is -1.96. The van der Waals surface area contributed by atoms with Gasteiger partial charge in [-0.3, -0.25) is 4.98 Å². The number of H-pyrrole nitrogens is 2. The Morgan fingerprint density at radius 2 is 2.27 bits per heavy atom. The molecule has 0 saturated heterocycles. The van der Waals surface area contributed by atoms with Gasteiger partial charge >= 0.3 is 11.2 Å². The Bertz CT molecular complexity index is 635. The molecule has 0 aliphatic carbocycles. The summed E-state index contributed by atoms with van der Waals surface area (Å²) < 4.78 is -0.0134. The molecule has 2 aromatic rings. The van der Waals surface area contributed by atoms with Gasteiger partial charge in [-0.1, -0.05) is 0 Å². The molecule has 2 N–H and O–H groups in total. The van der Waals surface area contributed by atoms with Crippen LogP contribution in [-0.4, -0.2) is 24.8 Å². The van der Waals surface area contributed by atoms with Crippen molar-refractivity contribution in [3.05, 3.63) is 37.3 Å². The average Bonchev–Trinajstić information content (AvgIpc) is 2.59. The molecule has 10 heteroatoms. The summed E-state index contributed by atoms with van der Waals surface area (Å²) in [5.41, 5.74) is -2.14. The second-order valence-corrected chi connectivity index (χ2v) is 2.46. The Labute approximate surface area is 79.2 Å². The van der Waals surface area contributed by atoms with Crippen molar-refractivity contribution in [3.8, 4) is 0 Å². The highest BCUT2D eigenvalue weighted by Gasteiger charge is 2.15. The molecule has 0 aliphatic heterocycles. The van der Waals surface area contributed by atoms with E-state index in [4.69, 9.17) is 0 Å². The fraction of sp³-hybridized carbons (Fsp3) is 0. The van der Waals surface area contributed by atoms with E-state index < -0.39 is 16.3 Å². The van der Waals surface area contributed by atoms with Crippen LogP contribution in [0.5, 0.6) is 0 Å². The van der Waals surface area contributed by atoms with E-state index in [0.29, 0.717) is 0 Å². The Balaban J connectivity index is 2.78. The molecule has 2 aromatic heterocycles. The minimum atomic E-state index is -1.27. The first-order chi connectivity index (χ1) is 7.09. The zero-order valence-electron chi connectivity index (χ0n) is 6.96. The SMILES string of the molecule is O=c1[nH]c2nc[nH]c2c(=O)n1O[N+](=O)[O-]. The van der Waals surface area contributed by atoms with Gasteiger partial charge in [-0.05, 0) is 0 Å². The number of imidazole rings is 1. The average molecular weight is 213 g/mol. The predicted octanol–water partition coefficient (Wildman–Crippen LogP) is -1.97. The van der Waals surface area contributed by atoms with E-state index in [-0.39, 0.29) is 15.9 Å². The fourth-order valence-electron chi connectivity index (χ4n) is 1.04. The Kier molecular flexibility index (Phi) is 1.75. The summed E-state index contributed by atoms with van der Waals surface area (Å²) in [4.78, 5) is 44.4. The second-order valence-electron chi connectivity index (χ2n) is 2.46. The van der Waals surface area contributed by atoms with Gasteiger partial charge in [0.25, 0.3) is 0 Å². The molecular formula is C5H3N5O5. The molecule has 10 nitrogen and oxygen atoms in total. The number of aromatic amines is 2. The minimum Gasteiger partial charge on any atom is -0.337 e. The summed E-state index contributed by atoms with van der Waals surface area (Å²) in [6.45, 7) is 0. The van der Waals surface area contributed by atoms with Crippen LogP contribution in [0.3, 0.4) is 0 Å². The summed E-state index contributed by atoms with van der Waals surface area (Å²) in [6, 6.07) is 0. The Morgan fingerprint density at radius 3 is 2.93 bits per heavy atom. The maximum atomic E-state index is 11.4. The molecule has 0 saturated carbocycles. The van der Waals surface area contributed by atoms with Crippen molar-refractivity contribution >= 4 is 11.2 Å².